The number of rotatable bonds is 7. The molecular weight excluding hydrogens is 354 g/mol. The normalized spacial score (nSPS) is 10.8. The molecule has 0 aliphatic carbocycles. The molecule has 0 saturated carbocycles. The molecule has 0 N–H and O–H groups in total. The first-order chi connectivity index (χ1) is 13.4. The van der Waals surface area contributed by atoms with Crippen LogP contribution in [0.4, 0.5) is 0 Å². The molecule has 7 heteroatoms. The summed E-state index contributed by atoms with van der Waals surface area (Å²) in [5, 5.41) is 4.71. The Morgan fingerprint density at radius 1 is 1.14 bits per heavy atom. The van der Waals surface area contributed by atoms with Gasteiger partial charge in [-0.3, -0.25) is 14.2 Å². The molecule has 3 aromatic rings. The van der Waals surface area contributed by atoms with E-state index in [2.05, 4.69) is 29.3 Å². The minimum atomic E-state index is -0.300. The Morgan fingerprint density at radius 3 is 2.39 bits per heavy atom. The maximum atomic E-state index is 12.8. The first kappa shape index (κ1) is 19.3. The second-order valence-corrected chi connectivity index (χ2v) is 6.69. The maximum Gasteiger partial charge on any atom is 0.264 e. The molecule has 1 aromatic carbocycles. The molecule has 0 radical (unpaired) electrons. The van der Waals surface area contributed by atoms with E-state index in [4.69, 9.17) is 0 Å². The van der Waals surface area contributed by atoms with Crippen LogP contribution in [0.5, 0.6) is 0 Å². The van der Waals surface area contributed by atoms with Crippen LogP contribution in [0.15, 0.2) is 60.8 Å². The van der Waals surface area contributed by atoms with Gasteiger partial charge in [0.05, 0.1) is 11.9 Å². The Bertz CT molecular complexity index is 1080. The molecule has 3 rings (SSSR count). The number of nitrogens with zero attached hydrogens (tertiary/aromatic N) is 5. The second-order valence-electron chi connectivity index (χ2n) is 6.69. The molecule has 0 aliphatic rings. The highest BCUT2D eigenvalue weighted by Gasteiger charge is 2.16. The summed E-state index contributed by atoms with van der Waals surface area (Å²) in [4.78, 5) is 31.3. The van der Waals surface area contributed by atoms with Crippen molar-refractivity contribution in [3.8, 4) is 5.69 Å². The molecule has 7 nitrogen and oxygen atoms in total. The number of hydrogen-bond acceptors (Lipinski definition) is 4. The number of fused-ring (bicyclic) bond motifs is 1. The lowest BCUT2D eigenvalue weighted by Crippen LogP contribution is -2.36. The predicted octanol–water partition coefficient (Wildman–Crippen LogP) is 2.40. The van der Waals surface area contributed by atoms with Crippen molar-refractivity contribution in [2.75, 3.05) is 13.1 Å². The average molecular weight is 377 g/mol. The van der Waals surface area contributed by atoms with Crippen molar-refractivity contribution in [1.82, 2.24) is 24.2 Å². The van der Waals surface area contributed by atoms with Gasteiger partial charge in [-0.2, -0.15) is 5.10 Å². The fourth-order valence-electron chi connectivity index (χ4n) is 3.16. The fraction of sp³-hybridized carbons (Fsp3) is 0.238. The van der Waals surface area contributed by atoms with Crippen LogP contribution in [0.25, 0.3) is 16.7 Å². The first-order valence-electron chi connectivity index (χ1n) is 8.96. The van der Waals surface area contributed by atoms with Gasteiger partial charge in [0.25, 0.3) is 5.56 Å². The molecule has 2 aromatic heterocycles. The Balaban J connectivity index is 1.97. The lowest BCUT2D eigenvalue weighted by Gasteiger charge is -2.19. The fourth-order valence-corrected chi connectivity index (χ4v) is 3.16. The van der Waals surface area contributed by atoms with Crippen molar-refractivity contribution < 1.29 is 4.79 Å². The molecule has 0 spiro atoms. The predicted molar refractivity (Wildman–Crippen MR) is 110 cm³/mol. The van der Waals surface area contributed by atoms with Crippen LogP contribution in [0.3, 0.4) is 0 Å². The van der Waals surface area contributed by atoms with Crippen molar-refractivity contribution in [3.05, 3.63) is 77.5 Å². The van der Waals surface area contributed by atoms with E-state index in [1.54, 1.807) is 21.7 Å². The van der Waals surface area contributed by atoms with E-state index in [0.717, 1.165) is 16.8 Å². The summed E-state index contributed by atoms with van der Waals surface area (Å²) in [6, 6.07) is 6.04. The number of hydrogen-bond donors (Lipinski definition) is 0. The molecule has 0 fully saturated rings. The Labute approximate surface area is 163 Å². The quantitative estimate of drug-likeness (QED) is 0.593. The molecule has 2 heterocycles. The zero-order valence-electron chi connectivity index (χ0n) is 16.1. The van der Waals surface area contributed by atoms with Gasteiger partial charge in [-0.25, -0.2) is 9.67 Å². The third kappa shape index (κ3) is 3.78. The standard InChI is InChI=1S/C21H23N5O2/c1-5-7-24(8-6-2)19(27)13-25-14-22-20-18(21(25)28)12-23-26(20)17-10-15(3)9-16(4)11-17/h5-6,9-12,14H,1-2,7-8,13H2,3-4H3. The largest absolute Gasteiger partial charge is 0.334 e. The van der Waals surface area contributed by atoms with E-state index < -0.39 is 0 Å². The molecule has 144 valence electrons. The smallest absolute Gasteiger partial charge is 0.264 e. The van der Waals surface area contributed by atoms with Gasteiger partial charge < -0.3 is 4.90 Å². The highest BCUT2D eigenvalue weighted by atomic mass is 16.2. The molecule has 0 atom stereocenters. The molecule has 0 bridgehead atoms. The molecule has 0 saturated heterocycles. The highest BCUT2D eigenvalue weighted by molar-refractivity contribution is 5.78. The lowest BCUT2D eigenvalue weighted by molar-refractivity contribution is -0.130. The SMILES string of the molecule is C=CCN(CC=C)C(=O)Cn1cnc2c(cnn2-c2cc(C)cc(C)c2)c1=O. The molecule has 1 amide bonds. The van der Waals surface area contributed by atoms with Gasteiger partial charge >= 0.3 is 0 Å². The van der Waals surface area contributed by atoms with Crippen LogP contribution in [0, 0.1) is 13.8 Å². The van der Waals surface area contributed by atoms with Gasteiger partial charge in [-0.1, -0.05) is 18.2 Å². The minimum absolute atomic E-state index is 0.0990. The topological polar surface area (TPSA) is 73.0 Å². The van der Waals surface area contributed by atoms with Crippen molar-refractivity contribution in [2.45, 2.75) is 20.4 Å². The van der Waals surface area contributed by atoms with Gasteiger partial charge in [-0.05, 0) is 37.1 Å². The summed E-state index contributed by atoms with van der Waals surface area (Å²) in [5.74, 6) is -0.204. The second kappa shape index (κ2) is 8.04. The summed E-state index contributed by atoms with van der Waals surface area (Å²) in [7, 11) is 0. The first-order valence-corrected chi connectivity index (χ1v) is 8.96. The van der Waals surface area contributed by atoms with E-state index in [1.165, 1.54) is 17.1 Å². The number of aryl methyl sites for hydroxylation is 2. The molecule has 28 heavy (non-hydrogen) atoms. The Hall–Kier alpha value is -3.48. The third-order valence-electron chi connectivity index (χ3n) is 4.36. The third-order valence-corrected chi connectivity index (χ3v) is 4.36. The van der Waals surface area contributed by atoms with Gasteiger partial charge in [0.2, 0.25) is 5.91 Å². The van der Waals surface area contributed by atoms with Crippen molar-refractivity contribution >= 4 is 16.9 Å². The average Bonchev–Trinajstić information content (AvgIpc) is 3.08. The minimum Gasteiger partial charge on any atom is -0.334 e. The van der Waals surface area contributed by atoms with Crippen molar-refractivity contribution in [2.24, 2.45) is 0 Å². The van der Waals surface area contributed by atoms with Gasteiger partial charge in [0, 0.05) is 13.1 Å². The van der Waals surface area contributed by atoms with Gasteiger partial charge in [-0.15, -0.1) is 13.2 Å². The van der Waals surface area contributed by atoms with E-state index >= 15 is 0 Å². The number of carbonyl (C=O) groups excluding carboxylic acids is 1. The number of amides is 1. The Morgan fingerprint density at radius 2 is 1.79 bits per heavy atom. The summed E-state index contributed by atoms with van der Waals surface area (Å²) < 4.78 is 2.95. The number of aromatic nitrogens is 4. The Kier molecular flexibility index (Phi) is 5.54. The van der Waals surface area contributed by atoms with E-state index in [-0.39, 0.29) is 18.0 Å². The van der Waals surface area contributed by atoms with Gasteiger partial charge in [0.1, 0.15) is 18.3 Å². The number of carbonyl (C=O) groups is 1. The summed E-state index contributed by atoms with van der Waals surface area (Å²) >= 11 is 0. The van der Waals surface area contributed by atoms with E-state index in [9.17, 15) is 9.59 Å². The van der Waals surface area contributed by atoms with E-state index in [0.29, 0.717) is 24.1 Å². The molecular formula is C21H23N5O2. The highest BCUT2D eigenvalue weighted by Crippen LogP contribution is 2.17. The van der Waals surface area contributed by atoms with Crippen molar-refractivity contribution in [1.29, 1.82) is 0 Å². The van der Waals surface area contributed by atoms with Crippen LogP contribution >= 0.6 is 0 Å². The monoisotopic (exact) mass is 377 g/mol. The molecule has 0 unspecified atom stereocenters. The van der Waals surface area contributed by atoms with Crippen LogP contribution in [0.1, 0.15) is 11.1 Å². The zero-order valence-corrected chi connectivity index (χ0v) is 16.1. The van der Waals surface area contributed by atoms with E-state index in [1.807, 2.05) is 26.0 Å². The summed E-state index contributed by atoms with van der Waals surface area (Å²) in [5.41, 5.74) is 3.21. The molecule has 0 aliphatic heterocycles. The lowest BCUT2D eigenvalue weighted by atomic mass is 10.1. The van der Waals surface area contributed by atoms with Gasteiger partial charge in [0.15, 0.2) is 5.65 Å². The summed E-state index contributed by atoms with van der Waals surface area (Å²) in [6.45, 7) is 12.0. The zero-order chi connectivity index (χ0) is 20.3. The van der Waals surface area contributed by atoms with Crippen LogP contribution in [-0.4, -0.2) is 43.2 Å². The summed E-state index contributed by atoms with van der Waals surface area (Å²) in [6.07, 6.45) is 6.16. The van der Waals surface area contributed by atoms with Crippen LogP contribution < -0.4 is 5.56 Å². The maximum absolute atomic E-state index is 12.8. The van der Waals surface area contributed by atoms with Crippen molar-refractivity contribution in [3.63, 3.8) is 0 Å². The van der Waals surface area contributed by atoms with Crippen LogP contribution in [-0.2, 0) is 11.3 Å². The van der Waals surface area contributed by atoms with Crippen LogP contribution in [0.2, 0.25) is 0 Å². The number of benzene rings is 1.